The van der Waals surface area contributed by atoms with Gasteiger partial charge in [0, 0.05) is 38.4 Å². The van der Waals surface area contributed by atoms with E-state index >= 15 is 0 Å². The molecule has 0 saturated carbocycles. The first-order chi connectivity index (χ1) is 18.6. The van der Waals surface area contributed by atoms with Gasteiger partial charge in [0.1, 0.15) is 4.21 Å². The Hall–Kier alpha value is -2.49. The van der Waals surface area contributed by atoms with Gasteiger partial charge in [-0.05, 0) is 41.6 Å². The van der Waals surface area contributed by atoms with Gasteiger partial charge < -0.3 is 10.0 Å². The summed E-state index contributed by atoms with van der Waals surface area (Å²) >= 11 is 1.08. The third kappa shape index (κ3) is 6.52. The van der Waals surface area contributed by atoms with Crippen LogP contribution in [0, 0.1) is 0 Å². The summed E-state index contributed by atoms with van der Waals surface area (Å²) in [5.41, 5.74) is -2.17. The number of nitrogens with zero attached hydrogens (tertiary/aromatic N) is 3. The molecule has 0 aliphatic carbocycles. The maximum absolute atomic E-state index is 13.4. The van der Waals surface area contributed by atoms with Gasteiger partial charge in [-0.15, -0.1) is 11.3 Å². The smallest absolute Gasteiger partial charge is 0.376 e. The highest BCUT2D eigenvalue weighted by Crippen LogP contribution is 2.39. The quantitative estimate of drug-likeness (QED) is 0.392. The summed E-state index contributed by atoms with van der Waals surface area (Å²) in [5.74, 6) is 0. The van der Waals surface area contributed by atoms with Crippen LogP contribution in [0.3, 0.4) is 0 Å². The largest absolute Gasteiger partial charge is 0.421 e. The van der Waals surface area contributed by atoms with E-state index in [2.05, 4.69) is 0 Å². The van der Waals surface area contributed by atoms with Crippen molar-refractivity contribution in [2.45, 2.75) is 35.5 Å². The first kappa shape index (κ1) is 30.5. The maximum atomic E-state index is 13.4. The predicted molar refractivity (Wildman–Crippen MR) is 148 cm³/mol. The minimum atomic E-state index is -4.88. The third-order valence-electron chi connectivity index (χ3n) is 6.93. The molecule has 1 N–H and O–H groups in total. The lowest BCUT2D eigenvalue weighted by Gasteiger charge is -2.43. The average molecular weight is 618 g/mol. The van der Waals surface area contributed by atoms with Gasteiger partial charge in [0.25, 0.3) is 10.0 Å². The molecule has 1 aromatic heterocycles. The molecule has 2 atom stereocenters. The Bertz CT molecular complexity index is 1500. The Balaban J connectivity index is 1.68. The van der Waals surface area contributed by atoms with Crippen molar-refractivity contribution in [3.8, 4) is 0 Å². The van der Waals surface area contributed by atoms with Crippen molar-refractivity contribution in [1.29, 1.82) is 0 Å². The van der Waals surface area contributed by atoms with E-state index in [9.17, 15) is 35.1 Å². The van der Waals surface area contributed by atoms with Gasteiger partial charge in [-0.1, -0.05) is 48.5 Å². The zero-order valence-corrected chi connectivity index (χ0v) is 24.3. The van der Waals surface area contributed by atoms with Gasteiger partial charge in [-0.3, -0.25) is 0 Å². The summed E-state index contributed by atoms with van der Waals surface area (Å²) in [6.07, 6.45) is -3.80. The maximum Gasteiger partial charge on any atom is 0.421 e. The molecule has 40 heavy (non-hydrogen) atoms. The molecule has 0 spiro atoms. The standard InChI is InChI=1S/C26H30F3N3O5S3/c1-25(33,26(27,28)29)21-10-12-22(13-11-21)32-15-14-30(40(36,37)24-9-6-16-38-24)18-23(32)19-31(39(2,34)35)17-20-7-4-3-5-8-20/h3-13,16,23,33H,14-15,17-19H2,1-2H3. The number of hydrogen-bond acceptors (Lipinski definition) is 7. The molecule has 2 unspecified atom stereocenters. The van der Waals surface area contributed by atoms with Crippen molar-refractivity contribution in [3.63, 3.8) is 0 Å². The summed E-state index contributed by atoms with van der Waals surface area (Å²) in [7, 11) is -7.55. The number of aliphatic hydroxyl groups is 1. The molecule has 1 aliphatic heterocycles. The number of hydrogen-bond donors (Lipinski definition) is 1. The van der Waals surface area contributed by atoms with E-state index in [1.54, 1.807) is 40.6 Å². The molecule has 1 saturated heterocycles. The number of benzene rings is 2. The van der Waals surface area contributed by atoms with Crippen molar-refractivity contribution in [3.05, 3.63) is 83.2 Å². The van der Waals surface area contributed by atoms with Gasteiger partial charge in [0.05, 0.1) is 12.3 Å². The SMILES string of the molecule is CC(O)(c1ccc(N2CCN(S(=O)(=O)c3cccs3)CC2CN(Cc2ccccc2)S(C)(=O)=O)cc1)C(F)(F)F. The van der Waals surface area contributed by atoms with Crippen LogP contribution >= 0.6 is 11.3 Å². The van der Waals surface area contributed by atoms with Crippen molar-refractivity contribution >= 4 is 37.1 Å². The number of piperazine rings is 1. The first-order valence-corrected chi connectivity index (χ1v) is 16.5. The fraction of sp³-hybridized carbons (Fsp3) is 0.385. The molecule has 218 valence electrons. The van der Waals surface area contributed by atoms with Crippen LogP contribution in [0.5, 0.6) is 0 Å². The molecular weight excluding hydrogens is 587 g/mol. The van der Waals surface area contributed by atoms with E-state index in [-0.39, 0.29) is 42.5 Å². The summed E-state index contributed by atoms with van der Waals surface area (Å²) in [6.45, 7) is 0.903. The van der Waals surface area contributed by atoms with Gasteiger partial charge >= 0.3 is 6.18 Å². The molecule has 2 aromatic carbocycles. The number of halogens is 3. The number of sulfonamides is 2. The summed E-state index contributed by atoms with van der Waals surface area (Å²) < 4.78 is 95.1. The molecule has 1 fully saturated rings. The molecular formula is C26H30F3N3O5S3. The summed E-state index contributed by atoms with van der Waals surface area (Å²) in [5, 5.41) is 11.7. The van der Waals surface area contributed by atoms with Crippen LogP contribution in [0.15, 0.2) is 76.3 Å². The van der Waals surface area contributed by atoms with Crippen molar-refractivity contribution in [2.75, 3.05) is 37.3 Å². The minimum Gasteiger partial charge on any atom is -0.376 e. The van der Waals surface area contributed by atoms with Crippen LogP contribution in [0.4, 0.5) is 18.9 Å². The Morgan fingerprint density at radius 1 is 0.975 bits per heavy atom. The highest BCUT2D eigenvalue weighted by molar-refractivity contribution is 7.91. The lowest BCUT2D eigenvalue weighted by Crippen LogP contribution is -2.58. The topological polar surface area (TPSA) is 98.2 Å². The molecule has 0 bridgehead atoms. The van der Waals surface area contributed by atoms with Crippen molar-refractivity contribution < 1.29 is 35.1 Å². The van der Waals surface area contributed by atoms with E-state index in [0.29, 0.717) is 12.6 Å². The molecule has 2 heterocycles. The molecule has 1 aliphatic rings. The molecule has 14 heteroatoms. The molecule has 0 radical (unpaired) electrons. The second-order valence-corrected chi connectivity index (χ2v) is 14.9. The van der Waals surface area contributed by atoms with Gasteiger partial charge in [0.2, 0.25) is 10.0 Å². The molecule has 0 amide bonds. The fourth-order valence-electron chi connectivity index (χ4n) is 4.56. The zero-order chi connectivity index (χ0) is 29.3. The average Bonchev–Trinajstić information content (AvgIpc) is 3.44. The van der Waals surface area contributed by atoms with Crippen LogP contribution in [-0.4, -0.2) is 75.2 Å². The van der Waals surface area contributed by atoms with Crippen LogP contribution in [0.1, 0.15) is 18.1 Å². The summed E-state index contributed by atoms with van der Waals surface area (Å²) in [4.78, 5) is 1.80. The van der Waals surface area contributed by atoms with Gasteiger partial charge in [0.15, 0.2) is 5.60 Å². The Labute approximate surface area is 236 Å². The van der Waals surface area contributed by atoms with Crippen molar-refractivity contribution in [2.24, 2.45) is 0 Å². The van der Waals surface area contributed by atoms with E-state index in [4.69, 9.17) is 0 Å². The molecule has 8 nitrogen and oxygen atoms in total. The van der Waals surface area contributed by atoms with Crippen LogP contribution in [0.2, 0.25) is 0 Å². The fourth-order valence-corrected chi connectivity index (χ4v) is 8.00. The number of anilines is 1. The second-order valence-electron chi connectivity index (χ2n) is 9.80. The van der Waals surface area contributed by atoms with Gasteiger partial charge in [-0.2, -0.15) is 21.8 Å². The Morgan fingerprint density at radius 3 is 2.17 bits per heavy atom. The molecule has 3 aromatic rings. The number of rotatable bonds is 9. The summed E-state index contributed by atoms with van der Waals surface area (Å²) in [6, 6.07) is 16.6. The Kier molecular flexibility index (Phi) is 8.69. The monoisotopic (exact) mass is 617 g/mol. The van der Waals surface area contributed by atoms with Crippen molar-refractivity contribution in [1.82, 2.24) is 8.61 Å². The van der Waals surface area contributed by atoms with E-state index < -0.39 is 37.9 Å². The number of thiophene rings is 1. The highest BCUT2D eigenvalue weighted by Gasteiger charge is 2.51. The normalized spacial score (nSPS) is 19.1. The minimum absolute atomic E-state index is 0.0386. The van der Waals surface area contributed by atoms with E-state index in [1.807, 2.05) is 6.07 Å². The predicted octanol–water partition coefficient (Wildman–Crippen LogP) is 3.86. The van der Waals surface area contributed by atoms with E-state index in [0.717, 1.165) is 23.2 Å². The second kappa shape index (κ2) is 11.4. The first-order valence-electron chi connectivity index (χ1n) is 12.3. The third-order valence-corrected chi connectivity index (χ3v) is 11.4. The van der Waals surface area contributed by atoms with Crippen LogP contribution in [0.25, 0.3) is 0 Å². The lowest BCUT2D eigenvalue weighted by molar-refractivity contribution is -0.258. The Morgan fingerprint density at radius 2 is 1.62 bits per heavy atom. The van der Waals surface area contributed by atoms with Crippen LogP contribution in [-0.2, 0) is 32.2 Å². The lowest BCUT2D eigenvalue weighted by atomic mass is 9.95. The van der Waals surface area contributed by atoms with E-state index in [1.165, 1.54) is 38.9 Å². The number of alkyl halides is 3. The van der Waals surface area contributed by atoms with Crippen LogP contribution < -0.4 is 4.90 Å². The highest BCUT2D eigenvalue weighted by atomic mass is 32.2. The zero-order valence-electron chi connectivity index (χ0n) is 21.8. The molecule has 4 rings (SSSR count). The van der Waals surface area contributed by atoms with Gasteiger partial charge in [-0.25, -0.2) is 16.8 Å².